The van der Waals surface area contributed by atoms with Gasteiger partial charge in [-0.3, -0.25) is 9.78 Å². The fourth-order valence-electron chi connectivity index (χ4n) is 1.90. The smallest absolute Gasteiger partial charge is 0.253 e. The van der Waals surface area contributed by atoms with Crippen molar-refractivity contribution in [3.63, 3.8) is 0 Å². The van der Waals surface area contributed by atoms with Crippen molar-refractivity contribution >= 4 is 28.1 Å². The molecule has 0 aliphatic carbocycles. The molecule has 3 aromatic heterocycles. The van der Waals surface area contributed by atoms with Crippen LogP contribution in [0.4, 0.5) is 0 Å². The summed E-state index contributed by atoms with van der Waals surface area (Å²) in [6, 6.07) is 1.87. The van der Waals surface area contributed by atoms with E-state index in [0.29, 0.717) is 12.1 Å². The van der Waals surface area contributed by atoms with E-state index >= 15 is 0 Å². The van der Waals surface area contributed by atoms with Gasteiger partial charge in [-0.25, -0.2) is 4.98 Å². The Hall–Kier alpha value is -2.21. The molecule has 0 aliphatic heterocycles. The Morgan fingerprint density at radius 1 is 1.47 bits per heavy atom. The average molecular weight is 272 g/mol. The number of hydrogen-bond donors (Lipinski definition) is 2. The number of aromatic nitrogens is 3. The maximum absolute atomic E-state index is 12.1. The zero-order chi connectivity index (χ0) is 13.2. The molecule has 0 unspecified atom stereocenters. The van der Waals surface area contributed by atoms with Crippen molar-refractivity contribution in [2.24, 2.45) is 0 Å². The van der Waals surface area contributed by atoms with Crippen molar-refractivity contribution < 1.29 is 4.79 Å². The molecule has 2 N–H and O–H groups in total. The van der Waals surface area contributed by atoms with Crippen molar-refractivity contribution in [3.05, 3.63) is 46.3 Å². The highest BCUT2D eigenvalue weighted by Gasteiger charge is 2.11. The fraction of sp³-hybridized carbons (Fsp3) is 0.154. The number of carbonyl (C=O) groups excluding carboxylic acids is 1. The lowest BCUT2D eigenvalue weighted by Gasteiger charge is -2.04. The van der Waals surface area contributed by atoms with E-state index in [1.807, 2.05) is 18.4 Å². The Kier molecular flexibility index (Phi) is 3.00. The molecule has 0 saturated heterocycles. The summed E-state index contributed by atoms with van der Waals surface area (Å²) < 4.78 is 0. The maximum Gasteiger partial charge on any atom is 0.253 e. The third-order valence-corrected chi connectivity index (χ3v) is 3.75. The number of carbonyl (C=O) groups is 1. The summed E-state index contributed by atoms with van der Waals surface area (Å²) in [5.74, 6) is -0.134. The quantitative estimate of drug-likeness (QED) is 0.768. The van der Waals surface area contributed by atoms with Crippen molar-refractivity contribution in [2.45, 2.75) is 13.5 Å². The van der Waals surface area contributed by atoms with Crippen LogP contribution in [0, 0.1) is 6.92 Å². The van der Waals surface area contributed by atoms with Gasteiger partial charge >= 0.3 is 0 Å². The molecule has 0 atom stereocenters. The number of aryl methyl sites for hydroxylation is 1. The first kappa shape index (κ1) is 11.9. The SMILES string of the molecule is Cc1csc(CNC(=O)c2cncc3[nH]ccc23)n1. The average Bonchev–Trinajstić information content (AvgIpc) is 3.03. The number of thiazole rings is 1. The molecular weight excluding hydrogens is 260 g/mol. The Balaban J connectivity index is 1.78. The Morgan fingerprint density at radius 3 is 3.16 bits per heavy atom. The fourth-order valence-corrected chi connectivity index (χ4v) is 2.61. The second-order valence-corrected chi connectivity index (χ2v) is 5.13. The van der Waals surface area contributed by atoms with Crippen LogP contribution in [0.2, 0.25) is 0 Å². The lowest BCUT2D eigenvalue weighted by Crippen LogP contribution is -2.23. The predicted octanol–water partition coefficient (Wildman–Crippen LogP) is 2.26. The molecular formula is C13H12N4OS. The van der Waals surface area contributed by atoms with Crippen LogP contribution < -0.4 is 5.32 Å². The van der Waals surface area contributed by atoms with Gasteiger partial charge in [-0.2, -0.15) is 0 Å². The Morgan fingerprint density at radius 2 is 2.37 bits per heavy atom. The summed E-state index contributed by atoms with van der Waals surface area (Å²) in [5.41, 5.74) is 2.41. The molecule has 0 bridgehead atoms. The molecule has 96 valence electrons. The number of H-pyrrole nitrogens is 1. The van der Waals surface area contributed by atoms with Gasteiger partial charge in [-0.1, -0.05) is 0 Å². The van der Waals surface area contributed by atoms with Gasteiger partial charge in [0.05, 0.1) is 23.8 Å². The summed E-state index contributed by atoms with van der Waals surface area (Å²) in [6.07, 6.45) is 5.09. The first-order valence-electron chi connectivity index (χ1n) is 5.84. The van der Waals surface area contributed by atoms with Gasteiger partial charge in [0.15, 0.2) is 0 Å². The number of pyridine rings is 1. The first-order valence-corrected chi connectivity index (χ1v) is 6.72. The standard InChI is InChI=1S/C13H12N4OS/c1-8-7-19-12(17-8)6-16-13(18)10-4-14-5-11-9(10)2-3-15-11/h2-5,7,15H,6H2,1H3,(H,16,18). The van der Waals surface area contributed by atoms with Crippen LogP contribution in [0.3, 0.4) is 0 Å². The molecule has 0 fully saturated rings. The number of fused-ring (bicyclic) bond motifs is 1. The normalized spacial score (nSPS) is 10.8. The molecule has 19 heavy (non-hydrogen) atoms. The lowest BCUT2D eigenvalue weighted by molar-refractivity contribution is 0.0952. The van der Waals surface area contributed by atoms with E-state index in [2.05, 4.69) is 20.3 Å². The third kappa shape index (κ3) is 2.34. The lowest BCUT2D eigenvalue weighted by atomic mass is 10.2. The minimum atomic E-state index is -0.134. The molecule has 0 saturated carbocycles. The molecule has 3 rings (SSSR count). The number of nitrogens with zero attached hydrogens (tertiary/aromatic N) is 2. The Labute approximate surface area is 113 Å². The van der Waals surface area contributed by atoms with Crippen LogP contribution in [0.15, 0.2) is 30.0 Å². The van der Waals surface area contributed by atoms with Crippen LogP contribution in [0.25, 0.3) is 10.9 Å². The molecule has 3 heterocycles. The molecule has 5 nitrogen and oxygen atoms in total. The van der Waals surface area contributed by atoms with Crippen LogP contribution in [-0.2, 0) is 6.54 Å². The molecule has 6 heteroatoms. The van der Waals surface area contributed by atoms with Crippen molar-refractivity contribution in [3.8, 4) is 0 Å². The molecule has 3 aromatic rings. The van der Waals surface area contributed by atoms with Gasteiger partial charge in [0.1, 0.15) is 5.01 Å². The third-order valence-electron chi connectivity index (χ3n) is 2.79. The van der Waals surface area contributed by atoms with Crippen LogP contribution >= 0.6 is 11.3 Å². The molecule has 0 spiro atoms. The van der Waals surface area contributed by atoms with E-state index < -0.39 is 0 Å². The largest absolute Gasteiger partial charge is 0.360 e. The van der Waals surface area contributed by atoms with Gasteiger partial charge in [0.25, 0.3) is 5.91 Å². The summed E-state index contributed by atoms with van der Waals surface area (Å²) in [7, 11) is 0. The minimum absolute atomic E-state index is 0.134. The number of rotatable bonds is 3. The van der Waals surface area contributed by atoms with E-state index in [-0.39, 0.29) is 5.91 Å². The number of aromatic amines is 1. The summed E-state index contributed by atoms with van der Waals surface area (Å²) in [5, 5.41) is 6.61. The highest BCUT2D eigenvalue weighted by Crippen LogP contribution is 2.16. The van der Waals surface area contributed by atoms with Gasteiger partial charge in [-0.05, 0) is 13.0 Å². The van der Waals surface area contributed by atoms with Crippen molar-refractivity contribution in [1.82, 2.24) is 20.3 Å². The molecule has 0 aliphatic rings. The van der Waals surface area contributed by atoms with Crippen molar-refractivity contribution in [1.29, 1.82) is 0 Å². The highest BCUT2D eigenvalue weighted by molar-refractivity contribution is 7.09. The van der Waals surface area contributed by atoms with Gasteiger partial charge in [0.2, 0.25) is 0 Å². The van der Waals surface area contributed by atoms with Gasteiger partial charge in [-0.15, -0.1) is 11.3 Å². The first-order chi connectivity index (χ1) is 9.24. The topological polar surface area (TPSA) is 70.7 Å². The maximum atomic E-state index is 12.1. The number of nitrogens with one attached hydrogen (secondary N) is 2. The molecule has 0 radical (unpaired) electrons. The van der Waals surface area contributed by atoms with Crippen LogP contribution in [0.5, 0.6) is 0 Å². The summed E-state index contributed by atoms with van der Waals surface area (Å²) in [6.45, 7) is 2.38. The van der Waals surface area contributed by atoms with Gasteiger partial charge in [0, 0.05) is 28.9 Å². The monoisotopic (exact) mass is 272 g/mol. The second kappa shape index (κ2) is 4.81. The zero-order valence-electron chi connectivity index (χ0n) is 10.3. The van der Waals surface area contributed by atoms with E-state index in [1.165, 1.54) is 0 Å². The van der Waals surface area contributed by atoms with Crippen molar-refractivity contribution in [2.75, 3.05) is 0 Å². The van der Waals surface area contributed by atoms with E-state index in [1.54, 1.807) is 29.9 Å². The minimum Gasteiger partial charge on any atom is -0.360 e. The molecule has 0 aromatic carbocycles. The van der Waals surface area contributed by atoms with E-state index in [9.17, 15) is 4.79 Å². The summed E-state index contributed by atoms with van der Waals surface area (Å²) in [4.78, 5) is 23.6. The van der Waals surface area contributed by atoms with E-state index in [4.69, 9.17) is 0 Å². The zero-order valence-corrected chi connectivity index (χ0v) is 11.1. The molecule has 1 amide bonds. The number of hydrogen-bond acceptors (Lipinski definition) is 4. The van der Waals surface area contributed by atoms with Gasteiger partial charge < -0.3 is 10.3 Å². The second-order valence-electron chi connectivity index (χ2n) is 4.19. The predicted molar refractivity (Wildman–Crippen MR) is 74.1 cm³/mol. The van der Waals surface area contributed by atoms with Crippen LogP contribution in [-0.4, -0.2) is 20.9 Å². The highest BCUT2D eigenvalue weighted by atomic mass is 32.1. The summed E-state index contributed by atoms with van der Waals surface area (Å²) >= 11 is 1.54. The number of amides is 1. The van der Waals surface area contributed by atoms with E-state index in [0.717, 1.165) is 21.6 Å². The van der Waals surface area contributed by atoms with Crippen LogP contribution in [0.1, 0.15) is 21.1 Å². The Bertz CT molecular complexity index is 731.